The Labute approximate surface area is 146 Å². The van der Waals surface area contributed by atoms with Crippen LogP contribution in [0, 0.1) is 0 Å². The lowest BCUT2D eigenvalue weighted by molar-refractivity contribution is 0.475. The van der Waals surface area contributed by atoms with Crippen molar-refractivity contribution in [3.63, 3.8) is 0 Å². The number of phenols is 2. The molecule has 0 heterocycles. The molecule has 3 aromatic carbocycles. The predicted molar refractivity (Wildman–Crippen MR) is 96.9 cm³/mol. The van der Waals surface area contributed by atoms with Crippen LogP contribution in [0.15, 0.2) is 89.8 Å². The van der Waals surface area contributed by atoms with Crippen molar-refractivity contribution in [3.05, 3.63) is 84.9 Å². The third kappa shape index (κ3) is 8.40. The maximum absolute atomic E-state index is 10.5. The van der Waals surface area contributed by atoms with Crippen molar-refractivity contribution >= 4 is 15.8 Å². The van der Waals surface area contributed by atoms with Crippen LogP contribution in [0.2, 0.25) is 0 Å². The second-order valence-corrected chi connectivity index (χ2v) is 6.07. The first-order valence-corrected chi connectivity index (χ1v) is 8.54. The third-order valence-electron chi connectivity index (χ3n) is 2.71. The van der Waals surface area contributed by atoms with Crippen LogP contribution in [0.25, 0.3) is 0 Å². The van der Waals surface area contributed by atoms with Gasteiger partial charge in [-0.25, -0.2) is 0 Å². The largest absolute Gasteiger partial charge is 0.508 e. The quantitative estimate of drug-likeness (QED) is 0.390. The van der Waals surface area contributed by atoms with Gasteiger partial charge in [0.05, 0.1) is 5.69 Å². The van der Waals surface area contributed by atoms with E-state index in [0.29, 0.717) is 11.5 Å². The van der Waals surface area contributed by atoms with E-state index < -0.39 is 10.1 Å². The Bertz CT molecular complexity index is 815. The van der Waals surface area contributed by atoms with Gasteiger partial charge in [-0.1, -0.05) is 48.5 Å². The predicted octanol–water partition coefficient (Wildman–Crippen LogP) is 3.30. The molecule has 0 atom stereocenters. The van der Waals surface area contributed by atoms with Crippen molar-refractivity contribution in [2.24, 2.45) is 0 Å². The SMILES string of the molecule is Nc1ccccc1S(=O)(=O)O.Oc1ccccc1.Oc1ccccc1. The molecule has 3 aromatic rings. The first-order valence-electron chi connectivity index (χ1n) is 7.10. The lowest BCUT2D eigenvalue weighted by atomic mass is 10.3. The number of rotatable bonds is 1. The molecule has 0 spiro atoms. The molecule has 0 saturated heterocycles. The minimum atomic E-state index is -4.16. The number of nitrogens with two attached hydrogens (primary N) is 1. The van der Waals surface area contributed by atoms with E-state index in [9.17, 15) is 8.42 Å². The molecule has 0 aliphatic heterocycles. The van der Waals surface area contributed by atoms with Crippen molar-refractivity contribution in [1.29, 1.82) is 0 Å². The van der Waals surface area contributed by atoms with Gasteiger partial charge >= 0.3 is 0 Å². The van der Waals surface area contributed by atoms with Gasteiger partial charge in [-0.05, 0) is 36.4 Å². The van der Waals surface area contributed by atoms with Gasteiger partial charge in [0.2, 0.25) is 0 Å². The van der Waals surface area contributed by atoms with Crippen LogP contribution in [0.4, 0.5) is 5.69 Å². The average molecular weight is 361 g/mol. The molecule has 0 radical (unpaired) electrons. The van der Waals surface area contributed by atoms with Gasteiger partial charge in [0.1, 0.15) is 16.4 Å². The maximum Gasteiger partial charge on any atom is 0.296 e. The summed E-state index contributed by atoms with van der Waals surface area (Å²) in [5, 5.41) is 17.3. The van der Waals surface area contributed by atoms with Crippen LogP contribution in [0.3, 0.4) is 0 Å². The van der Waals surface area contributed by atoms with Crippen molar-refractivity contribution in [1.82, 2.24) is 0 Å². The Morgan fingerprint density at radius 1 is 0.640 bits per heavy atom. The summed E-state index contributed by atoms with van der Waals surface area (Å²) in [6.45, 7) is 0. The molecule has 6 nitrogen and oxygen atoms in total. The van der Waals surface area contributed by atoms with E-state index in [2.05, 4.69) is 0 Å². The van der Waals surface area contributed by atoms with E-state index in [1.54, 1.807) is 54.6 Å². The number of anilines is 1. The number of hydrogen-bond donors (Lipinski definition) is 4. The molecule has 0 fully saturated rings. The lowest BCUT2D eigenvalue weighted by Crippen LogP contribution is -2.01. The first kappa shape index (κ1) is 20.0. The van der Waals surface area contributed by atoms with Crippen LogP contribution < -0.4 is 5.73 Å². The maximum atomic E-state index is 10.5. The smallest absolute Gasteiger partial charge is 0.296 e. The van der Waals surface area contributed by atoms with E-state index in [0.717, 1.165) is 0 Å². The number of hydrogen-bond acceptors (Lipinski definition) is 5. The number of nitrogen functional groups attached to an aromatic ring is 1. The number of benzene rings is 3. The zero-order valence-electron chi connectivity index (χ0n) is 13.2. The fourth-order valence-electron chi connectivity index (χ4n) is 1.57. The number of aromatic hydroxyl groups is 2. The number of phenolic OH excluding ortho intramolecular Hbond substituents is 2. The second kappa shape index (κ2) is 9.96. The van der Waals surface area contributed by atoms with Crippen molar-refractivity contribution in [2.75, 3.05) is 5.73 Å². The van der Waals surface area contributed by atoms with Gasteiger partial charge in [0.15, 0.2) is 0 Å². The Morgan fingerprint density at radius 3 is 1.24 bits per heavy atom. The summed E-state index contributed by atoms with van der Waals surface area (Å²) in [5.41, 5.74) is 5.32. The number of para-hydroxylation sites is 3. The van der Waals surface area contributed by atoms with Crippen LogP contribution >= 0.6 is 0 Å². The van der Waals surface area contributed by atoms with Crippen molar-refractivity contribution in [3.8, 4) is 11.5 Å². The second-order valence-electron chi connectivity index (χ2n) is 4.68. The molecule has 0 aromatic heterocycles. The molecule has 7 heteroatoms. The summed E-state index contributed by atoms with van der Waals surface area (Å²) in [6.07, 6.45) is 0. The molecule has 3 rings (SSSR count). The van der Waals surface area contributed by atoms with Crippen LogP contribution in [-0.2, 0) is 10.1 Å². The Kier molecular flexibility index (Phi) is 7.98. The van der Waals surface area contributed by atoms with E-state index in [1.165, 1.54) is 18.2 Å². The van der Waals surface area contributed by atoms with Crippen LogP contribution in [-0.4, -0.2) is 23.2 Å². The zero-order valence-corrected chi connectivity index (χ0v) is 14.0. The van der Waals surface area contributed by atoms with Crippen molar-refractivity contribution in [2.45, 2.75) is 4.90 Å². The zero-order chi connectivity index (χ0) is 18.7. The summed E-state index contributed by atoms with van der Waals surface area (Å²) >= 11 is 0. The fraction of sp³-hybridized carbons (Fsp3) is 0. The molecule has 0 bridgehead atoms. The molecule has 132 valence electrons. The fourth-order valence-corrected chi connectivity index (χ4v) is 2.19. The monoisotopic (exact) mass is 361 g/mol. The van der Waals surface area contributed by atoms with E-state index in [-0.39, 0.29) is 10.6 Å². The normalized spacial score (nSPS) is 9.80. The topological polar surface area (TPSA) is 121 Å². The molecule has 0 aliphatic rings. The van der Waals surface area contributed by atoms with Crippen molar-refractivity contribution < 1.29 is 23.2 Å². The molecule has 25 heavy (non-hydrogen) atoms. The van der Waals surface area contributed by atoms with E-state index in [1.807, 2.05) is 12.1 Å². The Hall–Kier alpha value is -3.03. The lowest BCUT2D eigenvalue weighted by Gasteiger charge is -1.98. The third-order valence-corrected chi connectivity index (χ3v) is 3.64. The van der Waals surface area contributed by atoms with Gasteiger partial charge in [-0.2, -0.15) is 8.42 Å². The standard InChI is InChI=1S/C6H7NO3S.2C6H6O/c7-5-3-1-2-4-6(5)11(8,9)10;2*7-6-4-2-1-3-5-6/h1-4H,7H2,(H,8,9,10);2*1-5,7H. The first-order chi connectivity index (χ1) is 11.8. The molecular formula is C18H19NO5S. The summed E-state index contributed by atoms with van der Waals surface area (Å²) < 4.78 is 29.6. The summed E-state index contributed by atoms with van der Waals surface area (Å²) in [7, 11) is -4.16. The highest BCUT2D eigenvalue weighted by Crippen LogP contribution is 2.15. The molecular weight excluding hydrogens is 342 g/mol. The summed E-state index contributed by atoms with van der Waals surface area (Å²) in [5.74, 6) is 0.644. The Morgan fingerprint density at radius 2 is 1.00 bits per heavy atom. The molecule has 0 aliphatic carbocycles. The van der Waals surface area contributed by atoms with Gasteiger partial charge in [0, 0.05) is 0 Å². The van der Waals surface area contributed by atoms with Gasteiger partial charge < -0.3 is 15.9 Å². The molecule has 0 amide bonds. The highest BCUT2D eigenvalue weighted by atomic mass is 32.2. The van der Waals surface area contributed by atoms with Gasteiger partial charge in [0.25, 0.3) is 10.1 Å². The minimum Gasteiger partial charge on any atom is -0.508 e. The molecule has 0 unspecified atom stereocenters. The highest BCUT2D eigenvalue weighted by molar-refractivity contribution is 7.86. The van der Waals surface area contributed by atoms with Gasteiger partial charge in [-0.3, -0.25) is 4.55 Å². The van der Waals surface area contributed by atoms with E-state index in [4.69, 9.17) is 20.5 Å². The summed E-state index contributed by atoms with van der Waals surface area (Å²) in [6, 6.07) is 23.1. The van der Waals surface area contributed by atoms with Gasteiger partial charge in [-0.15, -0.1) is 0 Å². The van der Waals surface area contributed by atoms with E-state index >= 15 is 0 Å². The minimum absolute atomic E-state index is 0.0509. The highest BCUT2D eigenvalue weighted by Gasteiger charge is 2.11. The van der Waals surface area contributed by atoms with Crippen LogP contribution in [0.5, 0.6) is 11.5 Å². The Balaban J connectivity index is 0.000000195. The summed E-state index contributed by atoms with van der Waals surface area (Å²) in [4.78, 5) is -0.250. The molecule has 0 saturated carbocycles. The molecule has 5 N–H and O–H groups in total. The average Bonchev–Trinajstić information content (AvgIpc) is 2.57. The van der Waals surface area contributed by atoms with Crippen LogP contribution in [0.1, 0.15) is 0 Å².